The molecule has 2 aromatic carbocycles. The largest absolute Gasteiger partial charge is 0.494 e. The van der Waals surface area contributed by atoms with Crippen LogP contribution in [-0.4, -0.2) is 24.1 Å². The van der Waals surface area contributed by atoms with Gasteiger partial charge in [0.1, 0.15) is 5.75 Å². The number of nitrogens with zero attached hydrogens (tertiary/aromatic N) is 1. The molecule has 0 saturated carbocycles. The zero-order valence-corrected chi connectivity index (χ0v) is 21.2. The topological polar surface area (TPSA) is 91.2 Å². The van der Waals surface area contributed by atoms with E-state index in [9.17, 15) is 14.9 Å². The van der Waals surface area contributed by atoms with Crippen molar-refractivity contribution in [3.63, 3.8) is 0 Å². The number of hydrogen-bond acceptors (Lipinski definition) is 6. The number of para-hydroxylation sites is 1. The van der Waals surface area contributed by atoms with E-state index in [4.69, 9.17) is 16.3 Å². The quantitative estimate of drug-likeness (QED) is 0.488. The van der Waals surface area contributed by atoms with Crippen molar-refractivity contribution in [3.8, 4) is 11.8 Å². The zero-order valence-electron chi connectivity index (χ0n) is 19.6. The summed E-state index contributed by atoms with van der Waals surface area (Å²) in [7, 11) is 0. The number of benzene rings is 2. The highest BCUT2D eigenvalue weighted by Gasteiger charge is 2.38. The fourth-order valence-electron chi connectivity index (χ4n) is 4.42. The monoisotopic (exact) mass is 507 g/mol. The minimum Gasteiger partial charge on any atom is -0.494 e. The van der Waals surface area contributed by atoms with Gasteiger partial charge in [-0.25, -0.2) is 0 Å². The van der Waals surface area contributed by atoms with Crippen LogP contribution in [0.2, 0.25) is 5.02 Å². The summed E-state index contributed by atoms with van der Waals surface area (Å²) in [6.07, 6.45) is 1.92. The van der Waals surface area contributed by atoms with Crippen molar-refractivity contribution in [2.75, 3.05) is 17.7 Å². The van der Waals surface area contributed by atoms with Crippen molar-refractivity contribution in [1.29, 1.82) is 5.26 Å². The predicted octanol–water partition coefficient (Wildman–Crippen LogP) is 5.85. The molecule has 0 spiro atoms. The molecular weight excluding hydrogens is 482 g/mol. The van der Waals surface area contributed by atoms with Gasteiger partial charge in [-0.3, -0.25) is 9.59 Å². The molecule has 2 aromatic rings. The maximum Gasteiger partial charge on any atom is 0.234 e. The number of carbonyl (C=O) groups is 2. The first kappa shape index (κ1) is 24.9. The van der Waals surface area contributed by atoms with Gasteiger partial charge in [0.25, 0.3) is 0 Å². The molecule has 0 fully saturated rings. The number of amides is 1. The molecule has 0 bridgehead atoms. The summed E-state index contributed by atoms with van der Waals surface area (Å²) in [6, 6.07) is 15.2. The number of dihydropyridines is 1. The zero-order chi connectivity index (χ0) is 24.9. The van der Waals surface area contributed by atoms with Crippen LogP contribution in [0.25, 0.3) is 0 Å². The lowest BCUT2D eigenvalue weighted by atomic mass is 9.76. The summed E-state index contributed by atoms with van der Waals surface area (Å²) in [5, 5.41) is 17.6. The van der Waals surface area contributed by atoms with E-state index in [1.807, 2.05) is 38.1 Å². The van der Waals surface area contributed by atoms with Crippen molar-refractivity contribution in [1.82, 2.24) is 5.32 Å². The molecule has 35 heavy (non-hydrogen) atoms. The Labute approximate surface area is 214 Å². The molecule has 0 aromatic heterocycles. The SMILES string of the molecule is CCOc1ccccc1C1C(C#N)=C(SCC(=O)Nc2cccc(Cl)c2C)NC2=C1C(=O)CCC2. The Balaban J connectivity index is 1.66. The van der Waals surface area contributed by atoms with Gasteiger partial charge in [0.05, 0.1) is 34.9 Å². The minimum absolute atomic E-state index is 0.0426. The number of thioether (sulfide) groups is 1. The molecule has 8 heteroatoms. The summed E-state index contributed by atoms with van der Waals surface area (Å²) < 4.78 is 5.85. The molecule has 2 aliphatic rings. The summed E-state index contributed by atoms with van der Waals surface area (Å²) >= 11 is 7.42. The number of carbonyl (C=O) groups excluding carboxylic acids is 2. The fourth-order valence-corrected chi connectivity index (χ4v) is 5.46. The van der Waals surface area contributed by atoms with Gasteiger partial charge in [-0.05, 0) is 50.5 Å². The Kier molecular flexibility index (Phi) is 7.84. The maximum atomic E-state index is 13.0. The predicted molar refractivity (Wildman–Crippen MR) is 139 cm³/mol. The summed E-state index contributed by atoms with van der Waals surface area (Å²) in [5.41, 5.74) is 4.10. The van der Waals surface area contributed by atoms with Gasteiger partial charge >= 0.3 is 0 Å². The highest BCUT2D eigenvalue weighted by Crippen LogP contribution is 2.46. The first-order valence-electron chi connectivity index (χ1n) is 11.5. The van der Waals surface area contributed by atoms with Crippen LogP contribution in [0.4, 0.5) is 5.69 Å². The van der Waals surface area contributed by atoms with Gasteiger partial charge < -0.3 is 15.4 Å². The van der Waals surface area contributed by atoms with Crippen LogP contribution in [-0.2, 0) is 9.59 Å². The van der Waals surface area contributed by atoms with E-state index in [2.05, 4.69) is 16.7 Å². The van der Waals surface area contributed by atoms with Crippen LogP contribution in [0.3, 0.4) is 0 Å². The third kappa shape index (κ3) is 5.24. The molecule has 6 nitrogen and oxygen atoms in total. The number of nitrogens with one attached hydrogen (secondary N) is 2. The average Bonchev–Trinajstić information content (AvgIpc) is 2.85. The molecule has 1 aliphatic heterocycles. The first-order chi connectivity index (χ1) is 16.9. The lowest BCUT2D eigenvalue weighted by Crippen LogP contribution is -2.32. The van der Waals surface area contributed by atoms with Crippen LogP contribution in [0.15, 0.2) is 64.3 Å². The Morgan fingerprint density at radius 1 is 1.26 bits per heavy atom. The van der Waals surface area contributed by atoms with Crippen molar-refractivity contribution < 1.29 is 14.3 Å². The molecule has 1 unspecified atom stereocenters. The van der Waals surface area contributed by atoms with Crippen LogP contribution in [0.5, 0.6) is 5.75 Å². The molecule has 0 saturated heterocycles. The van der Waals surface area contributed by atoms with Crippen LogP contribution in [0.1, 0.15) is 43.2 Å². The van der Waals surface area contributed by atoms with Gasteiger partial charge in [0, 0.05) is 34.0 Å². The van der Waals surface area contributed by atoms with Crippen molar-refractivity contribution >= 4 is 40.7 Å². The normalized spacial score (nSPS) is 17.4. The van der Waals surface area contributed by atoms with E-state index in [1.165, 1.54) is 11.8 Å². The number of ether oxygens (including phenoxy) is 1. The Morgan fingerprint density at radius 2 is 2.06 bits per heavy atom. The number of halogens is 1. The Hall–Kier alpha value is -3.21. The molecule has 1 aliphatic carbocycles. The molecule has 2 N–H and O–H groups in total. The molecule has 4 rings (SSSR count). The number of hydrogen-bond donors (Lipinski definition) is 2. The number of ketones is 1. The Morgan fingerprint density at radius 3 is 2.83 bits per heavy atom. The number of nitriles is 1. The van der Waals surface area contributed by atoms with E-state index in [0.29, 0.717) is 52.1 Å². The first-order valence-corrected chi connectivity index (χ1v) is 12.9. The average molecular weight is 508 g/mol. The highest BCUT2D eigenvalue weighted by atomic mass is 35.5. The lowest BCUT2D eigenvalue weighted by molar-refractivity contribution is -0.116. The molecule has 0 radical (unpaired) electrons. The molecular formula is C27H26ClN3O3S. The Bertz CT molecular complexity index is 1280. The second kappa shape index (κ2) is 11.0. The van der Waals surface area contributed by atoms with E-state index in [-0.39, 0.29) is 17.4 Å². The van der Waals surface area contributed by atoms with Gasteiger partial charge in [-0.2, -0.15) is 5.26 Å². The third-order valence-corrected chi connectivity index (χ3v) is 7.51. The summed E-state index contributed by atoms with van der Waals surface area (Å²) in [4.78, 5) is 25.8. The summed E-state index contributed by atoms with van der Waals surface area (Å²) in [5.74, 6) is 0.0419. The number of anilines is 1. The molecule has 1 heterocycles. The second-order valence-electron chi connectivity index (χ2n) is 8.30. The number of rotatable bonds is 7. The lowest BCUT2D eigenvalue weighted by Gasteiger charge is -2.33. The number of allylic oxidation sites excluding steroid dienone is 3. The third-order valence-electron chi connectivity index (χ3n) is 6.08. The van der Waals surface area contributed by atoms with E-state index >= 15 is 0 Å². The van der Waals surface area contributed by atoms with E-state index in [0.717, 1.165) is 23.2 Å². The second-order valence-corrected chi connectivity index (χ2v) is 9.69. The van der Waals surface area contributed by atoms with Gasteiger partial charge in [-0.1, -0.05) is 47.6 Å². The standard InChI is InChI=1S/C27H26ClN3O3S/c1-3-34-23-13-5-4-8-17(23)25-18(14-29)27(31-21-11-7-12-22(32)26(21)25)35-15-24(33)30-20-10-6-9-19(28)16(20)2/h4-6,8-10,13,25,31H,3,7,11-12,15H2,1-2H3,(H,30,33). The van der Waals surface area contributed by atoms with Gasteiger partial charge in [0.2, 0.25) is 5.91 Å². The van der Waals surface area contributed by atoms with Crippen molar-refractivity contribution in [2.24, 2.45) is 0 Å². The van der Waals surface area contributed by atoms with Crippen molar-refractivity contribution in [2.45, 2.75) is 39.0 Å². The van der Waals surface area contributed by atoms with Crippen LogP contribution >= 0.6 is 23.4 Å². The van der Waals surface area contributed by atoms with Gasteiger partial charge in [-0.15, -0.1) is 0 Å². The van der Waals surface area contributed by atoms with E-state index in [1.54, 1.807) is 18.2 Å². The van der Waals surface area contributed by atoms with Crippen molar-refractivity contribution in [3.05, 3.63) is 80.5 Å². The maximum absolute atomic E-state index is 13.0. The highest BCUT2D eigenvalue weighted by molar-refractivity contribution is 8.03. The fraction of sp³-hybridized carbons (Fsp3) is 0.296. The minimum atomic E-state index is -0.535. The van der Waals surface area contributed by atoms with Crippen LogP contribution in [0, 0.1) is 18.3 Å². The molecule has 180 valence electrons. The summed E-state index contributed by atoms with van der Waals surface area (Å²) in [6.45, 7) is 4.22. The molecule has 1 atom stereocenters. The number of Topliss-reactive ketones (excluding diaryl/α,β-unsaturated/α-hetero) is 1. The molecule has 1 amide bonds. The van der Waals surface area contributed by atoms with Gasteiger partial charge in [0.15, 0.2) is 5.78 Å². The van der Waals surface area contributed by atoms with Crippen LogP contribution < -0.4 is 15.4 Å². The van der Waals surface area contributed by atoms with E-state index < -0.39 is 5.92 Å². The smallest absolute Gasteiger partial charge is 0.234 e.